The fourth-order valence-electron chi connectivity index (χ4n) is 4.71. The van der Waals surface area contributed by atoms with Gasteiger partial charge in [-0.1, -0.05) is 18.2 Å². The van der Waals surface area contributed by atoms with Gasteiger partial charge in [-0.15, -0.1) is 0 Å². The van der Waals surface area contributed by atoms with Gasteiger partial charge in [-0.25, -0.2) is 9.37 Å². The van der Waals surface area contributed by atoms with Gasteiger partial charge in [0.15, 0.2) is 5.78 Å². The van der Waals surface area contributed by atoms with Gasteiger partial charge in [-0.2, -0.15) is 0 Å². The van der Waals surface area contributed by atoms with Gasteiger partial charge in [-0.05, 0) is 67.3 Å². The van der Waals surface area contributed by atoms with Crippen LogP contribution in [0.2, 0.25) is 0 Å². The molecule has 0 unspecified atom stereocenters. The van der Waals surface area contributed by atoms with Crippen LogP contribution >= 0.6 is 0 Å². The first kappa shape index (κ1) is 20.4. The first-order valence-corrected chi connectivity index (χ1v) is 11.0. The monoisotopic (exact) mass is 429 g/mol. The van der Waals surface area contributed by atoms with E-state index in [2.05, 4.69) is 16.0 Å². The highest BCUT2D eigenvalue weighted by atomic mass is 19.1. The third-order valence-electron chi connectivity index (χ3n) is 6.44. The molecule has 0 aliphatic carbocycles. The first-order valence-electron chi connectivity index (χ1n) is 11.0. The molecule has 2 aliphatic rings. The zero-order chi connectivity index (χ0) is 22.1. The van der Waals surface area contributed by atoms with E-state index in [4.69, 9.17) is 0 Å². The Kier molecular flexibility index (Phi) is 5.43. The highest BCUT2D eigenvalue weighted by Crippen LogP contribution is 2.32. The second-order valence-corrected chi connectivity index (χ2v) is 8.34. The summed E-state index contributed by atoms with van der Waals surface area (Å²) in [6.07, 6.45) is 3.91. The number of anilines is 2. The number of carbonyl (C=O) groups is 2. The number of fused-ring (bicyclic) bond motifs is 1. The minimum atomic E-state index is -0.343. The van der Waals surface area contributed by atoms with Crippen molar-refractivity contribution in [3.05, 3.63) is 89.4 Å². The third kappa shape index (κ3) is 3.77. The number of Topliss-reactive ketones (excluding diaryl/α,β-unsaturated/α-hetero) is 1. The molecule has 1 saturated heterocycles. The molecular weight excluding hydrogens is 405 g/mol. The van der Waals surface area contributed by atoms with E-state index in [0.717, 1.165) is 12.1 Å². The van der Waals surface area contributed by atoms with Gasteiger partial charge in [-0.3, -0.25) is 9.59 Å². The second-order valence-electron chi connectivity index (χ2n) is 8.34. The summed E-state index contributed by atoms with van der Waals surface area (Å²) >= 11 is 0. The summed E-state index contributed by atoms with van der Waals surface area (Å²) in [4.78, 5) is 34.7. The molecule has 0 N–H and O–H groups in total. The summed E-state index contributed by atoms with van der Waals surface area (Å²) in [5.74, 6) is 0.238. The minimum absolute atomic E-state index is 0.0393. The van der Waals surface area contributed by atoms with Crippen LogP contribution in [-0.2, 0) is 6.42 Å². The second kappa shape index (κ2) is 8.54. The highest BCUT2D eigenvalue weighted by Gasteiger charge is 2.31. The fraction of sp³-hybridized carbons (Fsp3) is 0.269. The maximum Gasteiger partial charge on any atom is 0.262 e. The summed E-state index contributed by atoms with van der Waals surface area (Å²) in [6.45, 7) is 1.96. The number of para-hydroxylation sites is 1. The van der Waals surface area contributed by atoms with E-state index in [0.29, 0.717) is 49.4 Å². The maximum absolute atomic E-state index is 13.4. The standard InChI is InChI=1S/C26H24FN3O2/c27-21-9-7-19(8-10-21)24(31)20-11-15-29(16-12-20)25-22(5-3-14-28-25)26(32)30-17-13-18-4-1-2-6-23(18)30/h1-10,14,20H,11-13,15-17H2. The summed E-state index contributed by atoms with van der Waals surface area (Å²) in [7, 11) is 0. The number of nitrogens with zero attached hydrogens (tertiary/aromatic N) is 3. The van der Waals surface area contributed by atoms with Crippen molar-refractivity contribution >= 4 is 23.2 Å². The number of benzene rings is 2. The average Bonchev–Trinajstić information content (AvgIpc) is 3.28. The van der Waals surface area contributed by atoms with Crippen molar-refractivity contribution in [1.82, 2.24) is 4.98 Å². The van der Waals surface area contributed by atoms with Crippen LogP contribution in [0.15, 0.2) is 66.9 Å². The quantitative estimate of drug-likeness (QED) is 0.572. The molecule has 1 amide bonds. The number of amides is 1. The molecule has 6 heteroatoms. The van der Waals surface area contributed by atoms with Crippen LogP contribution in [0.5, 0.6) is 0 Å². The molecule has 2 aliphatic heterocycles. The van der Waals surface area contributed by atoms with E-state index in [-0.39, 0.29) is 23.4 Å². The van der Waals surface area contributed by atoms with Gasteiger partial charge in [0.05, 0.1) is 5.56 Å². The van der Waals surface area contributed by atoms with Crippen LogP contribution in [0.4, 0.5) is 15.9 Å². The maximum atomic E-state index is 13.4. The van der Waals surface area contributed by atoms with Crippen molar-refractivity contribution in [3.8, 4) is 0 Å². The highest BCUT2D eigenvalue weighted by molar-refractivity contribution is 6.10. The lowest BCUT2D eigenvalue weighted by Crippen LogP contribution is -2.39. The Labute approximate surface area is 186 Å². The topological polar surface area (TPSA) is 53.5 Å². The molecule has 5 rings (SSSR count). The molecule has 1 fully saturated rings. The number of carbonyl (C=O) groups excluding carboxylic acids is 2. The van der Waals surface area contributed by atoms with Crippen LogP contribution < -0.4 is 9.80 Å². The molecule has 0 bridgehead atoms. The Morgan fingerprint density at radius 3 is 2.44 bits per heavy atom. The lowest BCUT2D eigenvalue weighted by Gasteiger charge is -2.33. The molecule has 5 nitrogen and oxygen atoms in total. The fourth-order valence-corrected chi connectivity index (χ4v) is 4.71. The smallest absolute Gasteiger partial charge is 0.262 e. The molecule has 0 saturated carbocycles. The van der Waals surface area contributed by atoms with Crippen LogP contribution in [0, 0.1) is 11.7 Å². The Bertz CT molecular complexity index is 1150. The molecule has 0 spiro atoms. The van der Waals surface area contributed by atoms with E-state index in [1.54, 1.807) is 24.4 Å². The van der Waals surface area contributed by atoms with E-state index in [9.17, 15) is 14.0 Å². The zero-order valence-corrected chi connectivity index (χ0v) is 17.7. The summed E-state index contributed by atoms with van der Waals surface area (Å²) in [6, 6.07) is 17.4. The van der Waals surface area contributed by atoms with Gasteiger partial charge < -0.3 is 9.80 Å². The largest absolute Gasteiger partial charge is 0.356 e. The summed E-state index contributed by atoms with van der Waals surface area (Å²) in [5.41, 5.74) is 3.29. The van der Waals surface area contributed by atoms with Crippen LogP contribution in [0.25, 0.3) is 0 Å². The van der Waals surface area contributed by atoms with Crippen molar-refractivity contribution in [2.75, 3.05) is 29.4 Å². The van der Waals surface area contributed by atoms with Crippen LogP contribution in [0.1, 0.15) is 39.1 Å². The van der Waals surface area contributed by atoms with Gasteiger partial charge >= 0.3 is 0 Å². The molecule has 3 aromatic rings. The zero-order valence-electron chi connectivity index (χ0n) is 17.7. The Hall–Kier alpha value is -3.54. The number of aromatic nitrogens is 1. The SMILES string of the molecule is O=C(c1ccc(F)cc1)C1CCN(c2ncccc2C(=O)N2CCc3ccccc32)CC1. The molecule has 0 atom stereocenters. The number of piperidine rings is 1. The Morgan fingerprint density at radius 2 is 1.66 bits per heavy atom. The van der Waals surface area contributed by atoms with Crippen molar-refractivity contribution in [2.45, 2.75) is 19.3 Å². The van der Waals surface area contributed by atoms with E-state index in [1.165, 1.54) is 17.7 Å². The first-order chi connectivity index (χ1) is 15.6. The Morgan fingerprint density at radius 1 is 0.906 bits per heavy atom. The number of hydrogen-bond donors (Lipinski definition) is 0. The lowest BCUT2D eigenvalue weighted by molar-refractivity contribution is 0.0899. The van der Waals surface area contributed by atoms with Crippen LogP contribution in [-0.4, -0.2) is 36.3 Å². The molecule has 2 aromatic carbocycles. The predicted octanol–water partition coefficient (Wildman–Crippen LogP) is 4.52. The van der Waals surface area contributed by atoms with Crippen molar-refractivity contribution in [1.29, 1.82) is 0 Å². The van der Waals surface area contributed by atoms with E-state index >= 15 is 0 Å². The van der Waals surface area contributed by atoms with Gasteiger partial charge in [0, 0.05) is 43.0 Å². The van der Waals surface area contributed by atoms with Gasteiger partial charge in [0.25, 0.3) is 5.91 Å². The van der Waals surface area contributed by atoms with Gasteiger partial charge in [0.2, 0.25) is 0 Å². The van der Waals surface area contributed by atoms with Crippen molar-refractivity contribution in [3.63, 3.8) is 0 Å². The molecule has 32 heavy (non-hydrogen) atoms. The van der Waals surface area contributed by atoms with E-state index < -0.39 is 0 Å². The number of halogens is 1. The van der Waals surface area contributed by atoms with Crippen LogP contribution in [0.3, 0.4) is 0 Å². The van der Waals surface area contributed by atoms with Gasteiger partial charge in [0.1, 0.15) is 11.6 Å². The Balaban J connectivity index is 1.31. The molecule has 162 valence electrons. The minimum Gasteiger partial charge on any atom is -0.356 e. The normalized spacial score (nSPS) is 16.2. The number of rotatable bonds is 4. The average molecular weight is 429 g/mol. The lowest BCUT2D eigenvalue weighted by atomic mass is 9.88. The van der Waals surface area contributed by atoms with Crippen molar-refractivity contribution < 1.29 is 14.0 Å². The summed E-state index contributed by atoms with van der Waals surface area (Å²) < 4.78 is 13.2. The molecule has 1 aromatic heterocycles. The molecule has 0 radical (unpaired) electrons. The number of pyridine rings is 1. The number of hydrogen-bond acceptors (Lipinski definition) is 4. The van der Waals surface area contributed by atoms with Crippen molar-refractivity contribution in [2.24, 2.45) is 5.92 Å². The number of ketones is 1. The third-order valence-corrected chi connectivity index (χ3v) is 6.44. The summed E-state index contributed by atoms with van der Waals surface area (Å²) in [5, 5.41) is 0. The van der Waals surface area contributed by atoms with E-state index in [1.807, 2.05) is 29.2 Å². The molecular formula is C26H24FN3O2. The molecule has 3 heterocycles. The predicted molar refractivity (Wildman–Crippen MR) is 122 cm³/mol.